The molecule has 20 heavy (non-hydrogen) atoms. The van der Waals surface area contributed by atoms with E-state index in [0.29, 0.717) is 17.4 Å². The molecule has 1 aromatic heterocycles. The first kappa shape index (κ1) is 15.5. The van der Waals surface area contributed by atoms with Crippen LogP contribution in [0.3, 0.4) is 0 Å². The van der Waals surface area contributed by atoms with E-state index >= 15 is 0 Å². The molecule has 110 valence electrons. The predicted molar refractivity (Wildman–Crippen MR) is 82.1 cm³/mol. The van der Waals surface area contributed by atoms with Gasteiger partial charge in [-0.1, -0.05) is 36.0 Å². The third-order valence-corrected chi connectivity index (χ3v) is 4.41. The lowest BCUT2D eigenvalue weighted by atomic mass is 9.78. The van der Waals surface area contributed by atoms with Gasteiger partial charge in [-0.15, -0.1) is 0 Å². The highest BCUT2D eigenvalue weighted by Gasteiger charge is 2.30. The number of carbonyl (C=O) groups is 1. The van der Waals surface area contributed by atoms with Gasteiger partial charge >= 0.3 is 0 Å². The lowest BCUT2D eigenvalue weighted by Gasteiger charge is -2.29. The van der Waals surface area contributed by atoms with Crippen LogP contribution in [-0.2, 0) is 4.79 Å². The second-order valence-electron chi connectivity index (χ2n) is 5.30. The van der Waals surface area contributed by atoms with Crippen LogP contribution in [0, 0.1) is 18.8 Å². The molecule has 1 aromatic rings. The standard InChI is InChI=1S/C14H19Cl2N3O/c1-8-6-11(15)18-13(16)12(8)19-14(20)10-5-3-2-4-9(10)7-17/h6,9-10H,2-5,7,17H2,1H3,(H,19,20). The number of aromatic nitrogens is 1. The number of aryl methyl sites for hydroxylation is 1. The second kappa shape index (κ2) is 6.74. The molecule has 0 bridgehead atoms. The Bertz CT molecular complexity index is 484. The van der Waals surface area contributed by atoms with Crippen LogP contribution in [0.4, 0.5) is 5.69 Å². The van der Waals surface area contributed by atoms with E-state index in [-0.39, 0.29) is 22.9 Å². The Kier molecular flexibility index (Phi) is 5.24. The van der Waals surface area contributed by atoms with Crippen molar-refractivity contribution < 1.29 is 4.79 Å². The molecule has 1 heterocycles. The quantitative estimate of drug-likeness (QED) is 0.840. The van der Waals surface area contributed by atoms with E-state index in [1.165, 1.54) is 0 Å². The Morgan fingerprint density at radius 3 is 2.80 bits per heavy atom. The van der Waals surface area contributed by atoms with Crippen LogP contribution in [-0.4, -0.2) is 17.4 Å². The number of nitrogens with two attached hydrogens (primary N) is 1. The first-order chi connectivity index (χ1) is 9.52. The molecule has 0 saturated heterocycles. The van der Waals surface area contributed by atoms with Gasteiger partial charge in [0.25, 0.3) is 0 Å². The summed E-state index contributed by atoms with van der Waals surface area (Å²) in [7, 11) is 0. The van der Waals surface area contributed by atoms with Crippen LogP contribution in [0.5, 0.6) is 0 Å². The Morgan fingerprint density at radius 2 is 2.15 bits per heavy atom. The summed E-state index contributed by atoms with van der Waals surface area (Å²) in [6.45, 7) is 2.39. The third-order valence-electron chi connectivity index (χ3n) is 3.94. The van der Waals surface area contributed by atoms with Gasteiger partial charge < -0.3 is 11.1 Å². The molecule has 1 amide bonds. The molecule has 3 N–H and O–H groups in total. The van der Waals surface area contributed by atoms with E-state index in [9.17, 15) is 4.79 Å². The van der Waals surface area contributed by atoms with Crippen LogP contribution in [0.15, 0.2) is 6.07 Å². The van der Waals surface area contributed by atoms with Crippen molar-refractivity contribution in [2.45, 2.75) is 32.6 Å². The number of carbonyl (C=O) groups excluding carboxylic acids is 1. The number of nitrogens with one attached hydrogen (secondary N) is 1. The fraction of sp³-hybridized carbons (Fsp3) is 0.571. The number of hydrogen-bond acceptors (Lipinski definition) is 3. The van der Waals surface area contributed by atoms with E-state index < -0.39 is 0 Å². The van der Waals surface area contributed by atoms with Gasteiger partial charge in [-0.25, -0.2) is 4.98 Å². The normalized spacial score (nSPS) is 22.6. The third kappa shape index (κ3) is 3.43. The summed E-state index contributed by atoms with van der Waals surface area (Å²) in [4.78, 5) is 16.4. The van der Waals surface area contributed by atoms with Crippen molar-refractivity contribution in [3.05, 3.63) is 21.9 Å². The zero-order valence-electron chi connectivity index (χ0n) is 11.5. The van der Waals surface area contributed by atoms with Crippen molar-refractivity contribution in [2.75, 3.05) is 11.9 Å². The minimum Gasteiger partial charge on any atom is -0.330 e. The molecule has 2 rings (SSSR count). The average molecular weight is 316 g/mol. The topological polar surface area (TPSA) is 68.0 Å². The number of nitrogens with zero attached hydrogens (tertiary/aromatic N) is 1. The summed E-state index contributed by atoms with van der Waals surface area (Å²) in [5, 5.41) is 3.44. The van der Waals surface area contributed by atoms with Crippen LogP contribution >= 0.6 is 23.2 Å². The molecule has 2 atom stereocenters. The zero-order valence-corrected chi connectivity index (χ0v) is 13.0. The van der Waals surface area contributed by atoms with Gasteiger partial charge in [-0.05, 0) is 43.9 Å². The molecular weight excluding hydrogens is 297 g/mol. The molecule has 2 unspecified atom stereocenters. The van der Waals surface area contributed by atoms with E-state index in [1.54, 1.807) is 6.07 Å². The van der Waals surface area contributed by atoms with Gasteiger partial charge in [0, 0.05) is 5.92 Å². The second-order valence-corrected chi connectivity index (χ2v) is 6.05. The molecule has 1 aliphatic carbocycles. The van der Waals surface area contributed by atoms with Crippen LogP contribution in [0.2, 0.25) is 10.3 Å². The number of amides is 1. The van der Waals surface area contributed by atoms with Crippen LogP contribution in [0.1, 0.15) is 31.2 Å². The van der Waals surface area contributed by atoms with Gasteiger partial charge in [-0.3, -0.25) is 4.79 Å². The summed E-state index contributed by atoms with van der Waals surface area (Å²) in [5.74, 6) is 0.192. The number of halogens is 2. The smallest absolute Gasteiger partial charge is 0.227 e. The van der Waals surface area contributed by atoms with Gasteiger partial charge in [0.05, 0.1) is 5.69 Å². The van der Waals surface area contributed by atoms with E-state index in [0.717, 1.165) is 31.2 Å². The summed E-state index contributed by atoms with van der Waals surface area (Å²) >= 11 is 11.9. The Labute approximate surface area is 129 Å². The molecule has 0 spiro atoms. The molecule has 0 aromatic carbocycles. The molecule has 1 fully saturated rings. The van der Waals surface area contributed by atoms with Crippen LogP contribution < -0.4 is 11.1 Å². The number of anilines is 1. The highest BCUT2D eigenvalue weighted by molar-refractivity contribution is 6.34. The highest BCUT2D eigenvalue weighted by Crippen LogP contribution is 2.32. The first-order valence-electron chi connectivity index (χ1n) is 6.86. The number of pyridine rings is 1. The lowest BCUT2D eigenvalue weighted by molar-refractivity contribution is -0.122. The van der Waals surface area contributed by atoms with Gasteiger partial charge in [0.2, 0.25) is 5.91 Å². The Morgan fingerprint density at radius 1 is 1.45 bits per heavy atom. The summed E-state index contributed by atoms with van der Waals surface area (Å²) in [6, 6.07) is 1.68. The molecule has 0 radical (unpaired) electrons. The minimum absolute atomic E-state index is 0.0192. The van der Waals surface area contributed by atoms with E-state index in [4.69, 9.17) is 28.9 Å². The fourth-order valence-electron chi connectivity index (χ4n) is 2.80. The highest BCUT2D eigenvalue weighted by atomic mass is 35.5. The van der Waals surface area contributed by atoms with E-state index in [1.807, 2.05) is 6.92 Å². The maximum atomic E-state index is 12.4. The maximum absolute atomic E-state index is 12.4. The summed E-state index contributed by atoms with van der Waals surface area (Å²) in [6.07, 6.45) is 4.11. The van der Waals surface area contributed by atoms with Crippen molar-refractivity contribution in [3.63, 3.8) is 0 Å². The molecule has 4 nitrogen and oxygen atoms in total. The van der Waals surface area contributed by atoms with Crippen molar-refractivity contribution >= 4 is 34.8 Å². The van der Waals surface area contributed by atoms with Gasteiger partial charge in [-0.2, -0.15) is 0 Å². The van der Waals surface area contributed by atoms with Crippen LogP contribution in [0.25, 0.3) is 0 Å². The SMILES string of the molecule is Cc1cc(Cl)nc(Cl)c1NC(=O)C1CCCCC1CN. The van der Waals surface area contributed by atoms with Gasteiger partial charge in [0.15, 0.2) is 5.15 Å². The Balaban J connectivity index is 2.15. The first-order valence-corrected chi connectivity index (χ1v) is 7.62. The van der Waals surface area contributed by atoms with Crippen molar-refractivity contribution in [3.8, 4) is 0 Å². The zero-order chi connectivity index (χ0) is 14.7. The van der Waals surface area contributed by atoms with Crippen molar-refractivity contribution in [1.29, 1.82) is 0 Å². The molecular formula is C14H19Cl2N3O. The molecule has 1 saturated carbocycles. The number of rotatable bonds is 3. The number of hydrogen-bond donors (Lipinski definition) is 2. The molecule has 0 aliphatic heterocycles. The van der Waals surface area contributed by atoms with Gasteiger partial charge in [0.1, 0.15) is 5.15 Å². The summed E-state index contributed by atoms with van der Waals surface area (Å²) < 4.78 is 0. The van der Waals surface area contributed by atoms with Crippen molar-refractivity contribution in [1.82, 2.24) is 4.98 Å². The lowest BCUT2D eigenvalue weighted by Crippen LogP contribution is -2.35. The van der Waals surface area contributed by atoms with E-state index in [2.05, 4.69) is 10.3 Å². The molecule has 1 aliphatic rings. The van der Waals surface area contributed by atoms with Crippen molar-refractivity contribution in [2.24, 2.45) is 17.6 Å². The summed E-state index contributed by atoms with van der Waals surface area (Å²) in [5.41, 5.74) is 7.12. The monoisotopic (exact) mass is 315 g/mol. The Hall–Kier alpha value is -0.840. The maximum Gasteiger partial charge on any atom is 0.227 e. The molecule has 6 heteroatoms. The average Bonchev–Trinajstić information content (AvgIpc) is 2.42. The minimum atomic E-state index is -0.0418. The predicted octanol–water partition coefficient (Wildman–Crippen LogP) is 3.40. The largest absolute Gasteiger partial charge is 0.330 e. The fourth-order valence-corrected chi connectivity index (χ4v) is 3.38.